The van der Waals surface area contributed by atoms with Gasteiger partial charge in [-0.15, -0.1) is 0 Å². The summed E-state index contributed by atoms with van der Waals surface area (Å²) in [6.07, 6.45) is -3.52. The van der Waals surface area contributed by atoms with E-state index in [0.717, 1.165) is 0 Å². The van der Waals surface area contributed by atoms with Crippen molar-refractivity contribution in [3.8, 4) is 0 Å². The number of aliphatic hydroxyl groups excluding tert-OH is 2. The lowest BCUT2D eigenvalue weighted by atomic mass is 10.0. The average Bonchev–Trinajstić information content (AvgIpc) is 2.35. The molecule has 0 amide bonds. The second-order valence-electron chi connectivity index (χ2n) is 3.78. The molecular weight excluding hydrogens is 240 g/mol. The Balaban J connectivity index is 2.46. The molecular formula is C12H10O6. The van der Waals surface area contributed by atoms with Crippen molar-refractivity contribution in [3.05, 3.63) is 46.3 Å². The Morgan fingerprint density at radius 2 is 1.83 bits per heavy atom. The third-order valence-corrected chi connectivity index (χ3v) is 2.54. The van der Waals surface area contributed by atoms with E-state index in [4.69, 9.17) is 9.52 Å². The molecule has 1 aromatic heterocycles. The van der Waals surface area contributed by atoms with Gasteiger partial charge in [-0.2, -0.15) is 0 Å². The molecule has 2 unspecified atom stereocenters. The van der Waals surface area contributed by atoms with Crippen molar-refractivity contribution in [2.45, 2.75) is 12.2 Å². The number of hydrogen-bond acceptors (Lipinski definition) is 5. The van der Waals surface area contributed by atoms with Crippen molar-refractivity contribution < 1.29 is 24.5 Å². The van der Waals surface area contributed by atoms with Gasteiger partial charge in [0, 0.05) is 11.5 Å². The minimum absolute atomic E-state index is 0.159. The quantitative estimate of drug-likeness (QED) is 0.675. The van der Waals surface area contributed by atoms with E-state index in [0.29, 0.717) is 5.39 Å². The number of rotatable bonds is 3. The molecule has 18 heavy (non-hydrogen) atoms. The number of aliphatic hydroxyl groups is 2. The average molecular weight is 250 g/mol. The number of carboxylic acid groups (broad SMARTS) is 1. The van der Waals surface area contributed by atoms with Gasteiger partial charge in [-0.1, -0.05) is 12.1 Å². The summed E-state index contributed by atoms with van der Waals surface area (Å²) >= 11 is 0. The van der Waals surface area contributed by atoms with Gasteiger partial charge in [0.2, 0.25) is 0 Å². The van der Waals surface area contributed by atoms with Gasteiger partial charge in [-0.3, -0.25) is 0 Å². The van der Waals surface area contributed by atoms with Crippen LogP contribution >= 0.6 is 0 Å². The third-order valence-electron chi connectivity index (χ3n) is 2.54. The van der Waals surface area contributed by atoms with E-state index >= 15 is 0 Å². The summed E-state index contributed by atoms with van der Waals surface area (Å²) in [5, 5.41) is 28.1. The molecule has 3 N–H and O–H groups in total. The second-order valence-corrected chi connectivity index (χ2v) is 3.78. The van der Waals surface area contributed by atoms with Crippen molar-refractivity contribution in [1.29, 1.82) is 0 Å². The number of hydrogen-bond donors (Lipinski definition) is 3. The van der Waals surface area contributed by atoms with Crippen LogP contribution in [0.2, 0.25) is 0 Å². The molecule has 0 saturated carbocycles. The van der Waals surface area contributed by atoms with E-state index < -0.39 is 23.8 Å². The van der Waals surface area contributed by atoms with E-state index in [2.05, 4.69) is 0 Å². The van der Waals surface area contributed by atoms with Gasteiger partial charge in [0.25, 0.3) is 0 Å². The predicted molar refractivity (Wildman–Crippen MR) is 61.1 cm³/mol. The van der Waals surface area contributed by atoms with Crippen LogP contribution in [0, 0.1) is 0 Å². The van der Waals surface area contributed by atoms with E-state index in [-0.39, 0.29) is 11.1 Å². The van der Waals surface area contributed by atoms with Gasteiger partial charge in [0.15, 0.2) is 6.10 Å². The Morgan fingerprint density at radius 3 is 2.50 bits per heavy atom. The molecule has 6 nitrogen and oxygen atoms in total. The maximum Gasteiger partial charge on any atom is 0.336 e. The minimum atomic E-state index is -1.93. The molecule has 2 rings (SSSR count). The molecule has 0 spiro atoms. The van der Waals surface area contributed by atoms with Crippen LogP contribution < -0.4 is 5.63 Å². The Hall–Kier alpha value is -2.18. The molecule has 0 radical (unpaired) electrons. The van der Waals surface area contributed by atoms with Gasteiger partial charge in [-0.25, -0.2) is 9.59 Å². The number of carboxylic acids is 1. The highest BCUT2D eigenvalue weighted by atomic mass is 16.4. The molecule has 0 aliphatic rings. The maximum atomic E-state index is 11.0. The van der Waals surface area contributed by atoms with E-state index in [1.807, 2.05) is 0 Å². The Labute approximate surface area is 101 Å². The van der Waals surface area contributed by atoms with Crippen molar-refractivity contribution in [2.24, 2.45) is 0 Å². The van der Waals surface area contributed by atoms with Gasteiger partial charge >= 0.3 is 11.6 Å². The van der Waals surface area contributed by atoms with E-state index in [1.54, 1.807) is 12.1 Å². The fourth-order valence-corrected chi connectivity index (χ4v) is 1.58. The van der Waals surface area contributed by atoms with Crippen LogP contribution in [0.4, 0.5) is 0 Å². The highest BCUT2D eigenvalue weighted by Crippen LogP contribution is 2.21. The highest BCUT2D eigenvalue weighted by molar-refractivity contribution is 5.78. The number of carbonyl (C=O) groups is 1. The van der Waals surface area contributed by atoms with E-state index in [1.165, 1.54) is 18.2 Å². The van der Waals surface area contributed by atoms with Crippen LogP contribution in [0.15, 0.2) is 39.5 Å². The zero-order valence-corrected chi connectivity index (χ0v) is 9.11. The Kier molecular flexibility index (Phi) is 3.14. The summed E-state index contributed by atoms with van der Waals surface area (Å²) in [6, 6.07) is 7.15. The standard InChI is InChI=1S/C12H10O6/c13-9-4-3-6-1-2-7(5-8(6)18-9)10(14)11(15)12(16)17/h1-5,10-11,14-15H,(H,16,17). The van der Waals surface area contributed by atoms with Crippen LogP contribution in [0.1, 0.15) is 11.7 Å². The zero-order valence-electron chi connectivity index (χ0n) is 9.11. The first-order valence-electron chi connectivity index (χ1n) is 5.12. The highest BCUT2D eigenvalue weighted by Gasteiger charge is 2.25. The van der Waals surface area contributed by atoms with E-state index in [9.17, 15) is 19.8 Å². The topological polar surface area (TPSA) is 108 Å². The Morgan fingerprint density at radius 1 is 1.17 bits per heavy atom. The molecule has 0 aliphatic carbocycles. The molecule has 1 aromatic carbocycles. The third kappa shape index (κ3) is 2.24. The summed E-state index contributed by atoms with van der Waals surface area (Å²) in [5.41, 5.74) is -0.170. The lowest BCUT2D eigenvalue weighted by Crippen LogP contribution is -2.27. The van der Waals surface area contributed by atoms with Gasteiger partial charge in [0.1, 0.15) is 11.7 Å². The second kappa shape index (κ2) is 4.59. The smallest absolute Gasteiger partial charge is 0.336 e. The fourth-order valence-electron chi connectivity index (χ4n) is 1.58. The lowest BCUT2D eigenvalue weighted by Gasteiger charge is -2.14. The predicted octanol–water partition coefficient (Wildman–Crippen LogP) is 0.272. The van der Waals surface area contributed by atoms with Gasteiger partial charge in [0.05, 0.1) is 0 Å². The van der Waals surface area contributed by atoms with Crippen molar-refractivity contribution >= 4 is 16.9 Å². The first kappa shape index (κ1) is 12.3. The van der Waals surface area contributed by atoms with Crippen molar-refractivity contribution in [1.82, 2.24) is 0 Å². The number of fused-ring (bicyclic) bond motifs is 1. The summed E-state index contributed by atoms with van der Waals surface area (Å²) in [5.74, 6) is -1.53. The summed E-state index contributed by atoms with van der Waals surface area (Å²) < 4.78 is 4.90. The van der Waals surface area contributed by atoms with Crippen molar-refractivity contribution in [3.63, 3.8) is 0 Å². The molecule has 94 valence electrons. The molecule has 0 fully saturated rings. The van der Waals surface area contributed by atoms with Crippen LogP contribution in [-0.4, -0.2) is 27.4 Å². The van der Waals surface area contributed by atoms with Crippen LogP contribution in [0.5, 0.6) is 0 Å². The van der Waals surface area contributed by atoms with Crippen LogP contribution in [0.3, 0.4) is 0 Å². The van der Waals surface area contributed by atoms with Crippen LogP contribution in [-0.2, 0) is 4.79 Å². The molecule has 1 heterocycles. The van der Waals surface area contributed by atoms with Crippen LogP contribution in [0.25, 0.3) is 11.0 Å². The molecule has 0 bridgehead atoms. The fraction of sp³-hybridized carbons (Fsp3) is 0.167. The monoisotopic (exact) mass is 250 g/mol. The molecule has 2 atom stereocenters. The number of aliphatic carboxylic acids is 1. The van der Waals surface area contributed by atoms with Crippen molar-refractivity contribution in [2.75, 3.05) is 0 Å². The van der Waals surface area contributed by atoms with Gasteiger partial charge in [-0.05, 0) is 17.7 Å². The number of benzene rings is 1. The molecule has 2 aromatic rings. The molecule has 0 aliphatic heterocycles. The molecule has 0 saturated heterocycles. The summed E-state index contributed by atoms with van der Waals surface area (Å²) in [7, 11) is 0. The normalized spacial score (nSPS) is 14.3. The summed E-state index contributed by atoms with van der Waals surface area (Å²) in [4.78, 5) is 21.6. The largest absolute Gasteiger partial charge is 0.479 e. The first-order valence-corrected chi connectivity index (χ1v) is 5.12. The Bertz CT molecular complexity index is 644. The zero-order chi connectivity index (χ0) is 13.3. The van der Waals surface area contributed by atoms with Gasteiger partial charge < -0.3 is 19.7 Å². The first-order chi connectivity index (χ1) is 8.49. The minimum Gasteiger partial charge on any atom is -0.479 e. The summed E-state index contributed by atoms with van der Waals surface area (Å²) in [6.45, 7) is 0. The molecule has 6 heteroatoms. The lowest BCUT2D eigenvalue weighted by molar-refractivity contribution is -0.153. The maximum absolute atomic E-state index is 11.0. The SMILES string of the molecule is O=C(O)C(O)C(O)c1ccc2ccc(=O)oc2c1.